The van der Waals surface area contributed by atoms with E-state index in [0.717, 1.165) is 12.8 Å². The zero-order chi connectivity index (χ0) is 17.1. The van der Waals surface area contributed by atoms with Crippen LogP contribution in [0.1, 0.15) is 25.7 Å². The van der Waals surface area contributed by atoms with Gasteiger partial charge in [-0.1, -0.05) is 29.4 Å². The van der Waals surface area contributed by atoms with Gasteiger partial charge >= 0.3 is 0 Å². The van der Waals surface area contributed by atoms with Crippen LogP contribution in [0.2, 0.25) is 0 Å². The van der Waals surface area contributed by atoms with Gasteiger partial charge in [0.1, 0.15) is 5.75 Å². The smallest absolute Gasteiger partial charge is 0.238 e. The zero-order valence-corrected chi connectivity index (χ0v) is 14.3. The lowest BCUT2D eigenvalue weighted by Crippen LogP contribution is -2.33. The van der Waals surface area contributed by atoms with Crippen molar-refractivity contribution in [3.8, 4) is 5.75 Å². The Bertz CT molecular complexity index is 795. The number of anilines is 1. The van der Waals surface area contributed by atoms with E-state index in [4.69, 9.17) is 4.74 Å². The third-order valence-electron chi connectivity index (χ3n) is 6.34. The highest BCUT2D eigenvalue weighted by molar-refractivity contribution is 6.23. The molecule has 4 aliphatic rings. The highest BCUT2D eigenvalue weighted by Crippen LogP contribution is 2.58. The third kappa shape index (κ3) is 1.94. The Morgan fingerprint density at radius 1 is 1.00 bits per heavy atom. The van der Waals surface area contributed by atoms with E-state index in [1.54, 1.807) is 13.2 Å². The lowest BCUT2D eigenvalue weighted by molar-refractivity contribution is -0.122. The summed E-state index contributed by atoms with van der Waals surface area (Å²) in [6.07, 6.45) is 9.12. The van der Waals surface area contributed by atoms with Crippen LogP contribution in [-0.2, 0) is 9.59 Å². The minimum Gasteiger partial charge on any atom is -0.497 e. The van der Waals surface area contributed by atoms with Crippen LogP contribution in [0, 0.1) is 23.7 Å². The second-order valence-corrected chi connectivity index (χ2v) is 7.47. The fourth-order valence-electron chi connectivity index (χ4n) is 5.33. The van der Waals surface area contributed by atoms with Crippen molar-refractivity contribution >= 4 is 17.5 Å². The van der Waals surface area contributed by atoms with Crippen LogP contribution in [-0.4, -0.2) is 18.9 Å². The van der Waals surface area contributed by atoms with Gasteiger partial charge in [0.2, 0.25) is 11.8 Å². The number of allylic oxidation sites excluding steroid dienone is 4. The van der Waals surface area contributed by atoms with Crippen molar-refractivity contribution in [3.05, 3.63) is 47.6 Å². The number of hydrogen-bond donors (Lipinski definition) is 0. The lowest BCUT2D eigenvalue weighted by Gasteiger charge is -2.20. The van der Waals surface area contributed by atoms with Crippen molar-refractivity contribution in [2.45, 2.75) is 25.7 Å². The largest absolute Gasteiger partial charge is 0.497 e. The molecule has 4 atom stereocenters. The average molecular weight is 335 g/mol. The van der Waals surface area contributed by atoms with Crippen LogP contribution < -0.4 is 9.64 Å². The van der Waals surface area contributed by atoms with Crippen LogP contribution in [0.25, 0.3) is 0 Å². The first kappa shape index (κ1) is 14.9. The number of carbonyl (C=O) groups excluding carboxylic acids is 2. The van der Waals surface area contributed by atoms with Gasteiger partial charge in [-0.25, -0.2) is 4.90 Å². The number of carbonyl (C=O) groups is 2. The SMILES string of the molecule is COc1cccc(N2C(=O)[C@@H]3[C@H](C2=O)[C@@H]2C=C[C@@H]3C2=C2CCCC2)c1. The van der Waals surface area contributed by atoms with E-state index in [-0.39, 0.29) is 35.5 Å². The average Bonchev–Trinajstić information content (AvgIpc) is 3.38. The lowest BCUT2D eigenvalue weighted by atomic mass is 9.85. The molecule has 4 heteroatoms. The van der Waals surface area contributed by atoms with Gasteiger partial charge in [-0.2, -0.15) is 0 Å². The molecule has 0 N–H and O–H groups in total. The van der Waals surface area contributed by atoms with Crippen molar-refractivity contribution in [1.82, 2.24) is 0 Å². The molecule has 1 aromatic carbocycles. The molecule has 2 saturated carbocycles. The molecule has 4 nitrogen and oxygen atoms in total. The molecule has 0 unspecified atom stereocenters. The Balaban J connectivity index is 1.54. The molecule has 1 heterocycles. The number of amides is 2. The summed E-state index contributed by atoms with van der Waals surface area (Å²) in [6, 6.07) is 7.22. The van der Waals surface area contributed by atoms with E-state index in [0.29, 0.717) is 11.4 Å². The van der Waals surface area contributed by atoms with E-state index in [1.165, 1.54) is 28.9 Å². The second kappa shape index (κ2) is 5.32. The number of fused-ring (bicyclic) bond motifs is 5. The zero-order valence-electron chi connectivity index (χ0n) is 14.3. The van der Waals surface area contributed by atoms with E-state index in [1.807, 2.05) is 18.2 Å². The van der Waals surface area contributed by atoms with E-state index in [2.05, 4.69) is 12.2 Å². The fraction of sp³-hybridized carbons (Fsp3) is 0.429. The van der Waals surface area contributed by atoms with Crippen LogP contribution >= 0.6 is 0 Å². The van der Waals surface area contributed by atoms with Crippen molar-refractivity contribution < 1.29 is 14.3 Å². The first-order chi connectivity index (χ1) is 12.2. The molecule has 1 aliphatic heterocycles. The van der Waals surface area contributed by atoms with E-state index in [9.17, 15) is 9.59 Å². The summed E-state index contributed by atoms with van der Waals surface area (Å²) in [4.78, 5) is 27.7. The predicted octanol–water partition coefficient (Wildman–Crippen LogP) is 3.49. The van der Waals surface area contributed by atoms with E-state index < -0.39 is 0 Å². The summed E-state index contributed by atoms with van der Waals surface area (Å²) in [7, 11) is 1.59. The van der Waals surface area contributed by atoms with Crippen LogP contribution in [0.4, 0.5) is 5.69 Å². The second-order valence-electron chi connectivity index (χ2n) is 7.47. The minimum absolute atomic E-state index is 0.0452. The molecule has 2 bridgehead atoms. The van der Waals surface area contributed by atoms with Gasteiger partial charge in [-0.15, -0.1) is 0 Å². The van der Waals surface area contributed by atoms with Crippen molar-refractivity contribution in [2.75, 3.05) is 12.0 Å². The van der Waals surface area contributed by atoms with Gasteiger partial charge in [0.25, 0.3) is 0 Å². The summed E-state index contributed by atoms with van der Waals surface area (Å²) < 4.78 is 5.25. The minimum atomic E-state index is -0.211. The van der Waals surface area contributed by atoms with Crippen molar-refractivity contribution in [3.63, 3.8) is 0 Å². The maximum atomic E-state index is 13.2. The number of rotatable bonds is 2. The number of hydrogen-bond acceptors (Lipinski definition) is 3. The maximum absolute atomic E-state index is 13.2. The summed E-state index contributed by atoms with van der Waals surface area (Å²) in [5, 5.41) is 0. The van der Waals surface area contributed by atoms with Crippen LogP contribution in [0.5, 0.6) is 5.75 Å². The van der Waals surface area contributed by atoms with Crippen molar-refractivity contribution in [2.24, 2.45) is 23.7 Å². The first-order valence-corrected chi connectivity index (χ1v) is 9.12. The van der Waals surface area contributed by atoms with Gasteiger partial charge in [0, 0.05) is 17.9 Å². The summed E-state index contributed by atoms with van der Waals surface area (Å²) in [5.74, 6) is 0.413. The number of benzene rings is 1. The molecule has 0 radical (unpaired) electrons. The van der Waals surface area contributed by atoms with Gasteiger partial charge in [0.15, 0.2) is 0 Å². The maximum Gasteiger partial charge on any atom is 0.238 e. The molecule has 25 heavy (non-hydrogen) atoms. The fourth-order valence-corrected chi connectivity index (χ4v) is 5.33. The molecule has 0 spiro atoms. The molecule has 128 valence electrons. The van der Waals surface area contributed by atoms with E-state index >= 15 is 0 Å². The molecule has 1 saturated heterocycles. The Morgan fingerprint density at radius 2 is 1.64 bits per heavy atom. The third-order valence-corrected chi connectivity index (χ3v) is 6.34. The van der Waals surface area contributed by atoms with Gasteiger partial charge < -0.3 is 4.74 Å². The Hall–Kier alpha value is -2.36. The topological polar surface area (TPSA) is 46.6 Å². The molecule has 2 amide bonds. The number of methoxy groups -OCH3 is 1. The van der Waals surface area contributed by atoms with Crippen LogP contribution in [0.15, 0.2) is 47.6 Å². The van der Waals surface area contributed by atoms with Gasteiger partial charge in [0.05, 0.1) is 24.6 Å². The van der Waals surface area contributed by atoms with Gasteiger partial charge in [-0.05, 0) is 37.8 Å². The highest BCUT2D eigenvalue weighted by Gasteiger charge is 2.62. The quantitative estimate of drug-likeness (QED) is 0.614. The number of nitrogens with zero attached hydrogens (tertiary/aromatic N) is 1. The monoisotopic (exact) mass is 335 g/mol. The number of ether oxygens (including phenoxy) is 1. The summed E-state index contributed by atoms with van der Waals surface area (Å²) >= 11 is 0. The molecular formula is C21H21NO3. The molecule has 1 aromatic rings. The standard InChI is InChI=1S/C21H21NO3/c1-25-14-8-4-7-13(11-14)22-20(23)18-15-9-10-16(19(18)21(22)24)17(15)12-5-2-3-6-12/h4,7-11,15-16,18-19H,2-3,5-6H2,1H3/t15-,16-,18-,19+/m1/s1. The number of imide groups is 1. The molecular weight excluding hydrogens is 314 g/mol. The van der Waals surface area contributed by atoms with Gasteiger partial charge in [-0.3, -0.25) is 9.59 Å². The normalized spacial score (nSPS) is 32.9. The molecule has 3 aliphatic carbocycles. The van der Waals surface area contributed by atoms with Crippen LogP contribution in [0.3, 0.4) is 0 Å². The molecule has 3 fully saturated rings. The summed E-state index contributed by atoms with van der Waals surface area (Å²) in [5.41, 5.74) is 3.54. The molecule has 0 aromatic heterocycles. The first-order valence-electron chi connectivity index (χ1n) is 9.12. The Kier molecular flexibility index (Phi) is 3.18. The predicted molar refractivity (Wildman–Crippen MR) is 94.1 cm³/mol. The Morgan fingerprint density at radius 3 is 2.24 bits per heavy atom. The highest BCUT2D eigenvalue weighted by atomic mass is 16.5. The molecule has 5 rings (SSSR count). The Labute approximate surface area is 147 Å². The summed E-state index contributed by atoms with van der Waals surface area (Å²) in [6.45, 7) is 0. The van der Waals surface area contributed by atoms with Crippen molar-refractivity contribution in [1.29, 1.82) is 0 Å².